The Morgan fingerprint density at radius 2 is 1.90 bits per heavy atom. The summed E-state index contributed by atoms with van der Waals surface area (Å²) in [4.78, 5) is 0.00816. The van der Waals surface area contributed by atoms with Crippen LogP contribution in [0.3, 0.4) is 0 Å². The molecular weight excluding hydrogens is 369 g/mol. The molecule has 2 rings (SSSR count). The minimum atomic E-state index is -3.62. The first-order chi connectivity index (χ1) is 9.29. The maximum absolute atomic E-state index is 13.1. The molecule has 0 aliphatic carbocycles. The Hall–Kier alpha value is -1.11. The third-order valence-electron chi connectivity index (χ3n) is 2.63. The summed E-state index contributed by atoms with van der Waals surface area (Å²) in [5, 5.41) is 0.0752. The fourth-order valence-corrected chi connectivity index (χ4v) is 4.07. The highest BCUT2D eigenvalue weighted by atomic mass is 79.9. The zero-order valence-corrected chi connectivity index (χ0v) is 13.3. The number of hydrogen-bond donors (Lipinski definition) is 1. The lowest BCUT2D eigenvalue weighted by molar-refractivity contribution is 0.594. The van der Waals surface area contributed by atoms with Gasteiger partial charge in [0.15, 0.2) is 9.84 Å². The van der Waals surface area contributed by atoms with Crippen LogP contribution in [-0.2, 0) is 15.6 Å². The molecule has 20 heavy (non-hydrogen) atoms. The molecule has 0 aliphatic rings. The molecule has 0 fully saturated rings. The summed E-state index contributed by atoms with van der Waals surface area (Å²) < 4.78 is 37.9. The van der Waals surface area contributed by atoms with Crippen LogP contribution in [0.5, 0.6) is 0 Å². The maximum Gasteiger partial charge on any atom is 0.183 e. The van der Waals surface area contributed by atoms with Gasteiger partial charge >= 0.3 is 0 Å². The maximum atomic E-state index is 13.1. The van der Waals surface area contributed by atoms with Crippen molar-refractivity contribution in [2.24, 2.45) is 0 Å². The summed E-state index contributed by atoms with van der Waals surface area (Å²) in [5.74, 6) is -0.716. The van der Waals surface area contributed by atoms with E-state index in [1.165, 1.54) is 36.4 Å². The summed E-state index contributed by atoms with van der Waals surface area (Å²) in [6, 6.07) is 8.28. The van der Waals surface area contributed by atoms with E-state index >= 15 is 0 Å². The SMILES string of the molecule is Nc1ccc(S(=O)(=O)Cc2ccc(F)c(Br)c2)c(Cl)c1. The van der Waals surface area contributed by atoms with Crippen molar-refractivity contribution in [2.45, 2.75) is 10.6 Å². The van der Waals surface area contributed by atoms with E-state index in [-0.39, 0.29) is 20.1 Å². The van der Waals surface area contributed by atoms with Crippen molar-refractivity contribution in [2.75, 3.05) is 5.73 Å². The number of rotatable bonds is 3. The number of nitrogens with two attached hydrogens (primary N) is 1. The number of benzene rings is 2. The van der Waals surface area contributed by atoms with Gasteiger partial charge in [-0.1, -0.05) is 17.7 Å². The highest BCUT2D eigenvalue weighted by molar-refractivity contribution is 9.10. The monoisotopic (exact) mass is 377 g/mol. The zero-order chi connectivity index (χ0) is 14.9. The lowest BCUT2D eigenvalue weighted by Gasteiger charge is -2.08. The molecule has 0 atom stereocenters. The predicted octanol–water partition coefficient (Wildman–Crippen LogP) is 3.80. The molecule has 0 bridgehead atoms. The van der Waals surface area contributed by atoms with Crippen LogP contribution in [0.15, 0.2) is 45.8 Å². The lowest BCUT2D eigenvalue weighted by Crippen LogP contribution is -2.06. The van der Waals surface area contributed by atoms with Crippen LogP contribution in [-0.4, -0.2) is 8.42 Å². The number of hydrogen-bond acceptors (Lipinski definition) is 3. The first kappa shape index (κ1) is 15.3. The second-order valence-electron chi connectivity index (χ2n) is 4.20. The van der Waals surface area contributed by atoms with Crippen molar-refractivity contribution in [3.05, 3.63) is 57.3 Å². The number of sulfone groups is 1. The van der Waals surface area contributed by atoms with Gasteiger partial charge in [-0.15, -0.1) is 0 Å². The van der Waals surface area contributed by atoms with E-state index in [9.17, 15) is 12.8 Å². The fraction of sp³-hybridized carbons (Fsp3) is 0.0769. The Labute approximate surface area is 129 Å². The summed E-state index contributed by atoms with van der Waals surface area (Å²) in [7, 11) is -3.62. The van der Waals surface area contributed by atoms with Crippen LogP contribution >= 0.6 is 27.5 Å². The van der Waals surface area contributed by atoms with Gasteiger partial charge in [0.05, 0.1) is 20.1 Å². The second-order valence-corrected chi connectivity index (χ2v) is 7.42. The Morgan fingerprint density at radius 1 is 1.20 bits per heavy atom. The Kier molecular flexibility index (Phi) is 4.36. The van der Waals surface area contributed by atoms with E-state index in [0.29, 0.717) is 11.3 Å². The van der Waals surface area contributed by atoms with Crippen molar-refractivity contribution in [3.8, 4) is 0 Å². The summed E-state index contributed by atoms with van der Waals surface area (Å²) >= 11 is 8.93. The van der Waals surface area contributed by atoms with Crippen LogP contribution in [0.2, 0.25) is 5.02 Å². The number of anilines is 1. The van der Waals surface area contributed by atoms with E-state index in [1.54, 1.807) is 0 Å². The van der Waals surface area contributed by atoms with Crippen LogP contribution in [0.4, 0.5) is 10.1 Å². The molecule has 0 aliphatic heterocycles. The third-order valence-corrected chi connectivity index (χ3v) is 5.40. The van der Waals surface area contributed by atoms with Crippen LogP contribution < -0.4 is 5.73 Å². The minimum Gasteiger partial charge on any atom is -0.399 e. The topological polar surface area (TPSA) is 60.2 Å². The average molecular weight is 379 g/mol. The van der Waals surface area contributed by atoms with Gasteiger partial charge in [0.25, 0.3) is 0 Å². The minimum absolute atomic E-state index is 0.00816. The highest BCUT2D eigenvalue weighted by Gasteiger charge is 2.19. The van der Waals surface area contributed by atoms with E-state index in [0.717, 1.165) is 0 Å². The molecule has 0 saturated carbocycles. The molecule has 0 heterocycles. The first-order valence-electron chi connectivity index (χ1n) is 5.51. The molecule has 106 valence electrons. The predicted molar refractivity (Wildman–Crippen MR) is 80.9 cm³/mol. The summed E-state index contributed by atoms with van der Waals surface area (Å²) in [6.45, 7) is 0. The summed E-state index contributed by atoms with van der Waals surface area (Å²) in [6.07, 6.45) is 0. The molecule has 0 radical (unpaired) electrons. The molecule has 0 amide bonds. The first-order valence-corrected chi connectivity index (χ1v) is 8.33. The van der Waals surface area contributed by atoms with Crippen molar-refractivity contribution < 1.29 is 12.8 Å². The Balaban J connectivity index is 2.38. The molecule has 2 N–H and O–H groups in total. The largest absolute Gasteiger partial charge is 0.399 e. The normalized spacial score (nSPS) is 11.6. The standard InChI is InChI=1S/C13H10BrClFNO2S/c14-10-5-8(1-3-12(10)16)7-20(18,19)13-4-2-9(17)6-11(13)15/h1-6H,7,17H2. The van der Waals surface area contributed by atoms with Gasteiger partial charge < -0.3 is 5.73 Å². The number of nitrogen functional groups attached to an aromatic ring is 1. The van der Waals surface area contributed by atoms with Gasteiger partial charge in [-0.05, 0) is 51.8 Å². The van der Waals surface area contributed by atoms with Crippen LogP contribution in [0, 0.1) is 5.82 Å². The highest BCUT2D eigenvalue weighted by Crippen LogP contribution is 2.27. The van der Waals surface area contributed by atoms with Crippen molar-refractivity contribution in [1.82, 2.24) is 0 Å². The second kappa shape index (κ2) is 5.71. The zero-order valence-electron chi connectivity index (χ0n) is 10.1. The van der Waals surface area contributed by atoms with Crippen molar-refractivity contribution in [1.29, 1.82) is 0 Å². The lowest BCUT2D eigenvalue weighted by atomic mass is 10.2. The Bertz CT molecular complexity index is 765. The summed E-state index contributed by atoms with van der Waals surface area (Å²) in [5.41, 5.74) is 6.38. The van der Waals surface area contributed by atoms with E-state index in [2.05, 4.69) is 15.9 Å². The molecular formula is C13H10BrClFNO2S. The van der Waals surface area contributed by atoms with Crippen LogP contribution in [0.25, 0.3) is 0 Å². The molecule has 3 nitrogen and oxygen atoms in total. The van der Waals surface area contributed by atoms with E-state index < -0.39 is 15.7 Å². The van der Waals surface area contributed by atoms with Gasteiger partial charge in [0.1, 0.15) is 5.82 Å². The molecule has 2 aromatic carbocycles. The van der Waals surface area contributed by atoms with Gasteiger partial charge in [0, 0.05) is 5.69 Å². The molecule has 0 aromatic heterocycles. The van der Waals surface area contributed by atoms with Crippen molar-refractivity contribution in [3.63, 3.8) is 0 Å². The third kappa shape index (κ3) is 3.31. The van der Waals surface area contributed by atoms with Gasteiger partial charge in [0.2, 0.25) is 0 Å². The molecule has 0 saturated heterocycles. The smallest absolute Gasteiger partial charge is 0.183 e. The van der Waals surface area contributed by atoms with Gasteiger partial charge in [-0.2, -0.15) is 0 Å². The van der Waals surface area contributed by atoms with E-state index in [1.807, 2.05) is 0 Å². The fourth-order valence-electron chi connectivity index (χ4n) is 1.70. The molecule has 7 heteroatoms. The molecule has 0 unspecified atom stereocenters. The van der Waals surface area contributed by atoms with E-state index in [4.69, 9.17) is 17.3 Å². The van der Waals surface area contributed by atoms with Crippen LogP contribution in [0.1, 0.15) is 5.56 Å². The van der Waals surface area contributed by atoms with Crippen molar-refractivity contribution >= 4 is 43.1 Å². The quantitative estimate of drug-likeness (QED) is 0.827. The van der Waals surface area contributed by atoms with Gasteiger partial charge in [-0.25, -0.2) is 12.8 Å². The molecule has 0 spiro atoms. The van der Waals surface area contributed by atoms with Gasteiger partial charge in [-0.3, -0.25) is 0 Å². The number of halogens is 3. The molecule has 2 aromatic rings. The average Bonchev–Trinajstić information content (AvgIpc) is 2.33. The Morgan fingerprint density at radius 3 is 2.50 bits per heavy atom.